The van der Waals surface area contributed by atoms with Gasteiger partial charge in [-0.3, -0.25) is 4.79 Å². The number of aromatic nitrogens is 2. The van der Waals surface area contributed by atoms with Gasteiger partial charge in [0.1, 0.15) is 17.7 Å². The summed E-state index contributed by atoms with van der Waals surface area (Å²) in [5.41, 5.74) is 2.61. The van der Waals surface area contributed by atoms with Crippen molar-refractivity contribution in [2.24, 2.45) is 4.99 Å². The van der Waals surface area contributed by atoms with Gasteiger partial charge in [0.05, 0.1) is 11.4 Å². The fourth-order valence-electron chi connectivity index (χ4n) is 1.40. The Kier molecular flexibility index (Phi) is 5.38. The predicted octanol–water partition coefficient (Wildman–Crippen LogP) is 0.521. The molecule has 1 heterocycles. The summed E-state index contributed by atoms with van der Waals surface area (Å²) in [6, 6.07) is 0. The molecular weight excluding hydrogens is 230 g/mol. The third kappa shape index (κ3) is 3.89. The van der Waals surface area contributed by atoms with Gasteiger partial charge in [0.25, 0.3) is 5.91 Å². The molecule has 1 aromatic rings. The lowest BCUT2D eigenvalue weighted by Gasteiger charge is -2.06. The van der Waals surface area contributed by atoms with Crippen LogP contribution in [0.2, 0.25) is 0 Å². The van der Waals surface area contributed by atoms with Crippen molar-refractivity contribution in [1.29, 1.82) is 0 Å². The van der Waals surface area contributed by atoms with E-state index < -0.39 is 0 Å². The van der Waals surface area contributed by atoms with Crippen molar-refractivity contribution in [1.82, 2.24) is 20.6 Å². The van der Waals surface area contributed by atoms with Gasteiger partial charge in [-0.1, -0.05) is 0 Å². The molecule has 2 N–H and O–H groups in total. The molecule has 6 heteroatoms. The fourth-order valence-corrected chi connectivity index (χ4v) is 1.40. The maximum atomic E-state index is 11.7. The van der Waals surface area contributed by atoms with E-state index in [1.165, 1.54) is 6.33 Å². The molecule has 0 saturated heterocycles. The molecule has 0 unspecified atom stereocenters. The van der Waals surface area contributed by atoms with Crippen molar-refractivity contribution < 1.29 is 4.79 Å². The van der Waals surface area contributed by atoms with Crippen molar-refractivity contribution >= 4 is 17.3 Å². The van der Waals surface area contributed by atoms with E-state index >= 15 is 0 Å². The van der Waals surface area contributed by atoms with Crippen LogP contribution in [0.3, 0.4) is 0 Å². The van der Waals surface area contributed by atoms with Crippen LogP contribution in [0.1, 0.15) is 18.3 Å². The van der Waals surface area contributed by atoms with E-state index in [1.807, 2.05) is 20.9 Å². The maximum absolute atomic E-state index is 11.7. The van der Waals surface area contributed by atoms with Crippen molar-refractivity contribution in [3.05, 3.63) is 17.7 Å². The van der Waals surface area contributed by atoms with Crippen LogP contribution in [0, 0.1) is 13.8 Å². The summed E-state index contributed by atoms with van der Waals surface area (Å²) in [5.74, 6) is -0.173. The quantitative estimate of drug-likeness (QED) is 0.589. The van der Waals surface area contributed by atoms with E-state index in [2.05, 4.69) is 25.6 Å². The second kappa shape index (κ2) is 6.80. The molecule has 6 nitrogen and oxygen atoms in total. The Balaban J connectivity index is 2.79. The van der Waals surface area contributed by atoms with Crippen LogP contribution in [-0.2, 0) is 4.79 Å². The maximum Gasteiger partial charge on any atom is 0.265 e. The van der Waals surface area contributed by atoms with Gasteiger partial charge in [0.2, 0.25) is 0 Å². The van der Waals surface area contributed by atoms with Crippen LogP contribution < -0.4 is 10.6 Å². The first kappa shape index (κ1) is 14.2. The number of carbonyl (C=O) groups excluding carboxylic acids is 1. The number of aliphatic imine (C=N–C) groups is 1. The molecular formula is C12H19N5O. The van der Waals surface area contributed by atoms with Crippen molar-refractivity contribution in [2.75, 3.05) is 20.1 Å². The highest BCUT2D eigenvalue weighted by molar-refractivity contribution is 6.38. The lowest BCUT2D eigenvalue weighted by Crippen LogP contribution is -2.34. The zero-order valence-electron chi connectivity index (χ0n) is 11.2. The summed E-state index contributed by atoms with van der Waals surface area (Å²) < 4.78 is 0. The van der Waals surface area contributed by atoms with Crippen LogP contribution in [0.5, 0.6) is 0 Å². The number of aryl methyl sites for hydroxylation is 2. The van der Waals surface area contributed by atoms with Gasteiger partial charge in [-0.25, -0.2) is 15.0 Å². The highest BCUT2D eigenvalue weighted by Gasteiger charge is 2.08. The van der Waals surface area contributed by atoms with Crippen molar-refractivity contribution in [2.45, 2.75) is 20.8 Å². The van der Waals surface area contributed by atoms with Crippen molar-refractivity contribution in [3.63, 3.8) is 0 Å². The Bertz CT molecular complexity index is 436. The molecule has 1 aromatic heterocycles. The van der Waals surface area contributed by atoms with Crippen LogP contribution in [0.15, 0.2) is 11.3 Å². The average Bonchev–Trinajstić information content (AvgIpc) is 2.34. The van der Waals surface area contributed by atoms with Crippen LogP contribution in [-0.4, -0.2) is 41.7 Å². The highest BCUT2D eigenvalue weighted by atomic mass is 16.1. The standard InChI is InChI=1S/C12H19N5O/c1-8-11(9(2)16-7-15-8)17-10(3)12(18)14-6-5-13-4/h7,13H,5-6H2,1-4H3,(H,14,18). The van der Waals surface area contributed by atoms with Gasteiger partial charge < -0.3 is 10.6 Å². The van der Waals surface area contributed by atoms with Gasteiger partial charge in [-0.05, 0) is 27.8 Å². The summed E-state index contributed by atoms with van der Waals surface area (Å²) in [5, 5.41) is 5.72. The number of amides is 1. The highest BCUT2D eigenvalue weighted by Crippen LogP contribution is 2.19. The largest absolute Gasteiger partial charge is 0.350 e. The minimum absolute atomic E-state index is 0.173. The lowest BCUT2D eigenvalue weighted by molar-refractivity contribution is -0.114. The second-order valence-electron chi connectivity index (χ2n) is 3.95. The topological polar surface area (TPSA) is 79.3 Å². The van der Waals surface area contributed by atoms with E-state index in [0.717, 1.165) is 17.9 Å². The molecule has 0 aliphatic heterocycles. The van der Waals surface area contributed by atoms with E-state index in [1.54, 1.807) is 6.92 Å². The fraction of sp³-hybridized carbons (Fsp3) is 0.500. The van der Waals surface area contributed by atoms with Crippen molar-refractivity contribution in [3.8, 4) is 0 Å². The normalized spacial score (nSPS) is 11.4. The molecule has 0 aliphatic rings. The van der Waals surface area contributed by atoms with Crippen LogP contribution in [0.4, 0.5) is 5.69 Å². The van der Waals surface area contributed by atoms with E-state index in [9.17, 15) is 4.79 Å². The summed E-state index contributed by atoms with van der Waals surface area (Å²) in [7, 11) is 1.83. The monoisotopic (exact) mass is 249 g/mol. The molecule has 0 saturated carbocycles. The van der Waals surface area contributed by atoms with Crippen LogP contribution >= 0.6 is 0 Å². The molecule has 0 bridgehead atoms. The Morgan fingerprint density at radius 2 is 1.89 bits per heavy atom. The molecule has 0 spiro atoms. The first-order valence-corrected chi connectivity index (χ1v) is 5.82. The van der Waals surface area contributed by atoms with Gasteiger partial charge >= 0.3 is 0 Å². The summed E-state index contributed by atoms with van der Waals surface area (Å²) >= 11 is 0. The molecule has 0 aromatic carbocycles. The molecule has 98 valence electrons. The number of rotatable bonds is 5. The molecule has 1 amide bonds. The molecule has 0 atom stereocenters. The van der Waals surface area contributed by atoms with Gasteiger partial charge in [-0.2, -0.15) is 0 Å². The predicted molar refractivity (Wildman–Crippen MR) is 71.2 cm³/mol. The SMILES string of the molecule is CNCCNC(=O)C(C)=Nc1c(C)ncnc1C. The van der Waals surface area contributed by atoms with Gasteiger partial charge in [-0.15, -0.1) is 0 Å². The number of nitrogens with zero attached hydrogens (tertiary/aromatic N) is 3. The minimum Gasteiger partial charge on any atom is -0.350 e. The Morgan fingerprint density at radius 3 is 2.44 bits per heavy atom. The Hall–Kier alpha value is -1.82. The number of hydrogen-bond donors (Lipinski definition) is 2. The van der Waals surface area contributed by atoms with Gasteiger partial charge in [0.15, 0.2) is 0 Å². The Labute approximate surface area is 107 Å². The number of nitrogens with one attached hydrogen (secondary N) is 2. The number of likely N-dealkylation sites (N-methyl/N-ethyl adjacent to an activating group) is 1. The molecule has 1 rings (SSSR count). The number of hydrogen-bond acceptors (Lipinski definition) is 5. The zero-order chi connectivity index (χ0) is 13.5. The van der Waals surface area contributed by atoms with E-state index in [4.69, 9.17) is 0 Å². The third-order valence-corrected chi connectivity index (χ3v) is 2.46. The molecule has 0 radical (unpaired) electrons. The van der Waals surface area contributed by atoms with Crippen LogP contribution in [0.25, 0.3) is 0 Å². The smallest absolute Gasteiger partial charge is 0.265 e. The number of carbonyl (C=O) groups is 1. The Morgan fingerprint density at radius 1 is 1.28 bits per heavy atom. The molecule has 18 heavy (non-hydrogen) atoms. The van der Waals surface area contributed by atoms with E-state index in [-0.39, 0.29) is 5.91 Å². The minimum atomic E-state index is -0.173. The second-order valence-corrected chi connectivity index (χ2v) is 3.95. The first-order valence-electron chi connectivity index (χ1n) is 5.82. The average molecular weight is 249 g/mol. The molecule has 0 aliphatic carbocycles. The van der Waals surface area contributed by atoms with E-state index in [0.29, 0.717) is 17.9 Å². The zero-order valence-corrected chi connectivity index (χ0v) is 11.2. The molecule has 0 fully saturated rings. The lowest BCUT2D eigenvalue weighted by atomic mass is 10.3. The first-order chi connectivity index (χ1) is 8.56. The summed E-state index contributed by atoms with van der Waals surface area (Å²) in [6.07, 6.45) is 1.49. The third-order valence-electron chi connectivity index (χ3n) is 2.46. The van der Waals surface area contributed by atoms with Gasteiger partial charge in [0, 0.05) is 13.1 Å². The summed E-state index contributed by atoms with van der Waals surface area (Å²) in [4.78, 5) is 24.2. The summed E-state index contributed by atoms with van der Waals surface area (Å²) in [6.45, 7) is 6.68.